The summed E-state index contributed by atoms with van der Waals surface area (Å²) in [7, 11) is 0. The quantitative estimate of drug-likeness (QED) is 0.0567. The van der Waals surface area contributed by atoms with Crippen LogP contribution in [0.25, 0.3) is 0 Å². The Hall–Kier alpha value is -1.12. The van der Waals surface area contributed by atoms with Crippen LogP contribution in [-0.4, -0.2) is 287 Å². The van der Waals surface area contributed by atoms with E-state index in [0.717, 1.165) is 0 Å². The zero-order chi connectivity index (χ0) is 50.8. The van der Waals surface area contributed by atoms with Gasteiger partial charge in [-0.3, -0.25) is 0 Å². The second kappa shape index (κ2) is 24.9. The molecule has 6 aliphatic heterocycles. The van der Waals surface area contributed by atoms with Crippen molar-refractivity contribution in [1.29, 1.82) is 0 Å². The summed E-state index contributed by atoms with van der Waals surface area (Å²) in [6.45, 7) is 4.34. The van der Waals surface area contributed by atoms with Crippen LogP contribution in [-0.2, 0) is 56.8 Å². The maximum atomic E-state index is 11.9. The van der Waals surface area contributed by atoms with Gasteiger partial charge in [-0.15, -0.1) is 0 Å². The molecule has 6 rings (SSSR count). The number of aliphatic hydroxyl groups is 15. The summed E-state index contributed by atoms with van der Waals surface area (Å²) in [4.78, 5) is 0. The Balaban J connectivity index is 1.33. The molecule has 0 aromatic heterocycles. The van der Waals surface area contributed by atoms with Gasteiger partial charge in [-0.25, -0.2) is 0 Å². The molecule has 69 heavy (non-hydrogen) atoms. The highest BCUT2D eigenvalue weighted by Gasteiger charge is 2.58. The van der Waals surface area contributed by atoms with Crippen LogP contribution < -0.4 is 5.73 Å². The van der Waals surface area contributed by atoms with E-state index in [9.17, 15) is 76.6 Å². The van der Waals surface area contributed by atoms with Crippen LogP contribution >= 0.6 is 0 Å². The van der Waals surface area contributed by atoms with Gasteiger partial charge in [-0.2, -0.15) is 0 Å². The van der Waals surface area contributed by atoms with E-state index >= 15 is 0 Å². The normalized spacial score (nSPS) is 52.2. The Bertz CT molecular complexity index is 1540. The molecule has 30 atom stereocenters. The van der Waals surface area contributed by atoms with Crippen LogP contribution in [0.5, 0.6) is 0 Å². The Morgan fingerprint density at radius 1 is 0.333 bits per heavy atom. The van der Waals surface area contributed by atoms with Crippen LogP contribution in [0.15, 0.2) is 0 Å². The smallest absolute Gasteiger partial charge is 0.187 e. The molecule has 0 aromatic carbocycles. The summed E-state index contributed by atoms with van der Waals surface area (Å²) in [5.41, 5.74) is 5.62. The third-order valence-corrected chi connectivity index (χ3v) is 13.4. The van der Waals surface area contributed by atoms with Gasteiger partial charge < -0.3 is 139 Å². The standard InChI is InChI=1S/C41H73NO27/c1-12-18(45)26(53)32(38(59-12)58-9-7-5-6-8-42)67-41-35(69-37-30(57)25(52)23(50)17(11-44)64-37)31(21(48)15(4)62-41)65-39-34(28(55)20(47)13(2)60-39)68-40-33(27(54)19(46)14(3)61-40)66-36-29(56)24(51)22(49)16(10-43)63-36/h12-41,43-57H,5-11,42H2,1-4H3/t12-,13-,14-,15-,16+,17+,18-,19-,20-,21-,22+,23+,24-,25-,26+,27+,28+,29+,30+,31+,32+,33+,34+,35+,36-,37-,38+,39-,40-,41-/m0/s1. The molecule has 0 radical (unpaired) electrons. The van der Waals surface area contributed by atoms with Crippen LogP contribution in [0.4, 0.5) is 0 Å². The zero-order valence-corrected chi connectivity index (χ0v) is 38.5. The van der Waals surface area contributed by atoms with Gasteiger partial charge in [0.2, 0.25) is 0 Å². The first-order chi connectivity index (χ1) is 32.6. The third kappa shape index (κ3) is 12.5. The molecule has 0 aliphatic carbocycles. The molecule has 0 amide bonds. The highest BCUT2D eigenvalue weighted by atomic mass is 16.8. The average Bonchev–Trinajstić information content (AvgIpc) is 3.32. The van der Waals surface area contributed by atoms with Crippen molar-refractivity contribution >= 4 is 0 Å². The van der Waals surface area contributed by atoms with E-state index in [1.165, 1.54) is 27.7 Å². The van der Waals surface area contributed by atoms with E-state index in [0.29, 0.717) is 25.8 Å². The highest BCUT2D eigenvalue weighted by Crippen LogP contribution is 2.38. The zero-order valence-electron chi connectivity index (χ0n) is 38.5. The van der Waals surface area contributed by atoms with E-state index in [4.69, 9.17) is 62.6 Å². The van der Waals surface area contributed by atoms with Gasteiger partial charge >= 0.3 is 0 Å². The lowest BCUT2D eigenvalue weighted by atomic mass is 9.95. The molecule has 0 unspecified atom stereocenters. The van der Waals surface area contributed by atoms with Crippen LogP contribution in [0.1, 0.15) is 47.0 Å². The molecule has 0 saturated carbocycles. The molecule has 0 spiro atoms. The molecule has 0 bridgehead atoms. The second-order valence-electron chi connectivity index (χ2n) is 18.4. The van der Waals surface area contributed by atoms with Crippen LogP contribution in [0, 0.1) is 0 Å². The van der Waals surface area contributed by atoms with Gasteiger partial charge in [-0.05, 0) is 53.5 Å². The fourth-order valence-electron chi connectivity index (χ4n) is 8.95. The van der Waals surface area contributed by atoms with Gasteiger partial charge in [0.15, 0.2) is 37.7 Å². The molecule has 404 valence electrons. The Kier molecular flexibility index (Phi) is 20.7. The molecule has 17 N–H and O–H groups in total. The minimum atomic E-state index is -2.05. The number of hydrogen-bond donors (Lipinski definition) is 16. The maximum Gasteiger partial charge on any atom is 0.187 e. The first-order valence-electron chi connectivity index (χ1n) is 23.2. The number of hydrogen-bond acceptors (Lipinski definition) is 28. The lowest BCUT2D eigenvalue weighted by Crippen LogP contribution is -2.68. The number of ether oxygens (including phenoxy) is 12. The van der Waals surface area contributed by atoms with Gasteiger partial charge in [0.25, 0.3) is 0 Å². The maximum absolute atomic E-state index is 11.9. The van der Waals surface area contributed by atoms with Crippen LogP contribution in [0.2, 0.25) is 0 Å². The monoisotopic (exact) mass is 1010 g/mol. The van der Waals surface area contributed by atoms with Crippen LogP contribution in [0.3, 0.4) is 0 Å². The molecule has 6 aliphatic rings. The molecule has 0 aromatic rings. The van der Waals surface area contributed by atoms with Crippen molar-refractivity contribution in [3.05, 3.63) is 0 Å². The molecule has 6 fully saturated rings. The van der Waals surface area contributed by atoms with Crippen molar-refractivity contribution < 1.29 is 133 Å². The summed E-state index contributed by atoms with van der Waals surface area (Å²) < 4.78 is 71.7. The van der Waals surface area contributed by atoms with Gasteiger partial charge in [0, 0.05) is 6.61 Å². The Morgan fingerprint density at radius 2 is 0.681 bits per heavy atom. The predicted molar refractivity (Wildman–Crippen MR) is 220 cm³/mol. The topological polar surface area (TPSA) is 440 Å². The molecule has 6 heterocycles. The van der Waals surface area contributed by atoms with Crippen molar-refractivity contribution in [2.24, 2.45) is 5.73 Å². The molecule has 6 saturated heterocycles. The fraction of sp³-hybridized carbons (Fsp3) is 1.00. The van der Waals surface area contributed by atoms with Crippen molar-refractivity contribution in [2.45, 2.75) is 231 Å². The summed E-state index contributed by atoms with van der Waals surface area (Å²) in [5, 5.41) is 163. The Morgan fingerprint density at radius 3 is 1.10 bits per heavy atom. The Labute approximate surface area is 396 Å². The van der Waals surface area contributed by atoms with Crippen molar-refractivity contribution in [2.75, 3.05) is 26.4 Å². The lowest BCUT2D eigenvalue weighted by Gasteiger charge is -2.51. The molecular weight excluding hydrogens is 938 g/mol. The molecular formula is C41H73NO27. The number of nitrogens with two attached hydrogens (primary N) is 1. The summed E-state index contributed by atoms with van der Waals surface area (Å²) in [5.74, 6) is 0. The van der Waals surface area contributed by atoms with Crippen molar-refractivity contribution in [3.63, 3.8) is 0 Å². The van der Waals surface area contributed by atoms with Crippen molar-refractivity contribution in [3.8, 4) is 0 Å². The predicted octanol–water partition coefficient (Wildman–Crippen LogP) is -8.84. The largest absolute Gasteiger partial charge is 0.394 e. The average molecular weight is 1010 g/mol. The molecule has 28 heteroatoms. The summed E-state index contributed by atoms with van der Waals surface area (Å²) in [6.07, 6.45) is -49.8. The highest BCUT2D eigenvalue weighted by molar-refractivity contribution is 4.99. The third-order valence-electron chi connectivity index (χ3n) is 13.4. The van der Waals surface area contributed by atoms with Gasteiger partial charge in [-0.1, -0.05) is 0 Å². The summed E-state index contributed by atoms with van der Waals surface area (Å²) >= 11 is 0. The lowest BCUT2D eigenvalue weighted by molar-refractivity contribution is -0.416. The van der Waals surface area contributed by atoms with Gasteiger partial charge in [0.05, 0.1) is 37.6 Å². The van der Waals surface area contributed by atoms with Crippen molar-refractivity contribution in [1.82, 2.24) is 0 Å². The number of unbranched alkanes of at least 4 members (excludes halogenated alkanes) is 2. The number of aliphatic hydroxyl groups excluding tert-OH is 15. The summed E-state index contributed by atoms with van der Waals surface area (Å²) in [6, 6.07) is 0. The minimum Gasteiger partial charge on any atom is -0.394 e. The first-order valence-corrected chi connectivity index (χ1v) is 23.2. The van der Waals surface area contributed by atoms with E-state index in [1.807, 2.05) is 0 Å². The van der Waals surface area contributed by atoms with E-state index < -0.39 is 197 Å². The first kappa shape index (κ1) is 57.2. The van der Waals surface area contributed by atoms with Gasteiger partial charge in [0.1, 0.15) is 122 Å². The minimum absolute atomic E-state index is 0.0951. The van der Waals surface area contributed by atoms with E-state index in [-0.39, 0.29) is 6.61 Å². The molecule has 28 nitrogen and oxygen atoms in total. The van der Waals surface area contributed by atoms with E-state index in [2.05, 4.69) is 0 Å². The van der Waals surface area contributed by atoms with E-state index in [1.54, 1.807) is 0 Å². The second-order valence-corrected chi connectivity index (χ2v) is 18.4. The SMILES string of the molecule is C[C@@H]1O[C@@H](O[C@H]2[C@H](O[C@@H]3[C@@H](O)[C@H](C)O[C@@H](O[C@H]4[C@H](OCCCCCN)O[C@@H](C)[C@H](O)[C@H]4O)[C@@H]3O[C@@H]3O[C@H](CO)[C@@H](O)[C@H](O)[C@H]3O)O[C@@H](C)[C@H](O)[C@H]2O)[C@H](O[C@@H]2O[C@H](CO)[C@@H](O)[C@H](O)[C@H]2O)[C@H](O)[C@H]1O. The fourth-order valence-corrected chi connectivity index (χ4v) is 8.95. The number of rotatable bonds is 18.